The predicted molar refractivity (Wildman–Crippen MR) is 56.2 cm³/mol. The number of benzene rings is 1. The minimum atomic E-state index is 0.220. The lowest BCUT2D eigenvalue weighted by Gasteiger charge is -2.29. The zero-order valence-corrected chi connectivity index (χ0v) is 8.42. The van der Waals surface area contributed by atoms with Crippen molar-refractivity contribution >= 4 is 11.6 Å². The minimum absolute atomic E-state index is 0.220. The Labute approximate surface area is 84.5 Å². The van der Waals surface area contributed by atoms with E-state index < -0.39 is 0 Å². The van der Waals surface area contributed by atoms with E-state index in [0.717, 1.165) is 25.1 Å². The second-order valence-electron chi connectivity index (χ2n) is 3.56. The van der Waals surface area contributed by atoms with E-state index in [1.54, 1.807) is 0 Å². The zero-order valence-electron chi connectivity index (χ0n) is 8.42. The van der Waals surface area contributed by atoms with Gasteiger partial charge in [-0.1, -0.05) is 13.0 Å². The first kappa shape index (κ1) is 9.25. The van der Waals surface area contributed by atoms with E-state index in [-0.39, 0.29) is 5.91 Å². The van der Waals surface area contributed by atoms with Gasteiger partial charge in [0, 0.05) is 18.7 Å². The largest absolute Gasteiger partial charge is 0.312 e. The number of amides is 1. The second kappa shape index (κ2) is 3.82. The summed E-state index contributed by atoms with van der Waals surface area (Å²) in [4.78, 5) is 13.5. The molecule has 2 nitrogen and oxygen atoms in total. The highest BCUT2D eigenvalue weighted by molar-refractivity contribution is 5.94. The number of anilines is 1. The average Bonchev–Trinajstić information content (AvgIpc) is 2.27. The lowest BCUT2D eigenvalue weighted by molar-refractivity contribution is -0.118. The maximum absolute atomic E-state index is 11.6. The molecular formula is C12H14NO. The van der Waals surface area contributed by atoms with E-state index >= 15 is 0 Å². The van der Waals surface area contributed by atoms with Crippen molar-refractivity contribution in [2.75, 3.05) is 11.4 Å². The molecule has 1 amide bonds. The molecule has 1 heterocycles. The zero-order chi connectivity index (χ0) is 9.97. The van der Waals surface area contributed by atoms with Crippen LogP contribution in [-0.2, 0) is 11.2 Å². The third kappa shape index (κ3) is 1.52. The fraction of sp³-hybridized carbons (Fsp3) is 0.417. The van der Waals surface area contributed by atoms with Crippen molar-refractivity contribution in [2.45, 2.75) is 26.2 Å². The van der Waals surface area contributed by atoms with Gasteiger partial charge in [0.05, 0.1) is 0 Å². The van der Waals surface area contributed by atoms with Crippen LogP contribution in [0, 0.1) is 6.07 Å². The second-order valence-corrected chi connectivity index (χ2v) is 3.56. The Morgan fingerprint density at radius 1 is 1.64 bits per heavy atom. The van der Waals surface area contributed by atoms with Crippen LogP contribution < -0.4 is 4.90 Å². The number of fused-ring (bicyclic) bond motifs is 1. The first-order valence-electron chi connectivity index (χ1n) is 5.12. The first-order valence-corrected chi connectivity index (χ1v) is 5.12. The molecule has 0 spiro atoms. The lowest BCUT2D eigenvalue weighted by atomic mass is 10.0. The van der Waals surface area contributed by atoms with Crippen molar-refractivity contribution in [1.82, 2.24) is 0 Å². The monoisotopic (exact) mass is 188 g/mol. The first-order chi connectivity index (χ1) is 6.83. The highest BCUT2D eigenvalue weighted by atomic mass is 16.2. The molecular weight excluding hydrogens is 174 g/mol. The molecule has 0 bridgehead atoms. The summed E-state index contributed by atoms with van der Waals surface area (Å²) in [5.41, 5.74) is 2.34. The summed E-state index contributed by atoms with van der Waals surface area (Å²) in [7, 11) is 0. The maximum Gasteiger partial charge on any atom is 0.226 e. The molecule has 1 aromatic rings. The molecule has 1 aliphatic heterocycles. The molecule has 1 aromatic carbocycles. The summed E-state index contributed by atoms with van der Waals surface area (Å²) < 4.78 is 0. The smallest absolute Gasteiger partial charge is 0.226 e. The van der Waals surface area contributed by atoms with Crippen molar-refractivity contribution < 1.29 is 4.79 Å². The van der Waals surface area contributed by atoms with Crippen LogP contribution in [-0.4, -0.2) is 12.5 Å². The summed E-state index contributed by atoms with van der Waals surface area (Å²) >= 11 is 0. The van der Waals surface area contributed by atoms with Crippen LogP contribution in [0.4, 0.5) is 5.69 Å². The Morgan fingerprint density at radius 3 is 3.29 bits per heavy atom. The molecule has 1 radical (unpaired) electrons. The van der Waals surface area contributed by atoms with Crippen LogP contribution >= 0.6 is 0 Å². The maximum atomic E-state index is 11.6. The number of nitrogens with zero attached hydrogens (tertiary/aromatic N) is 1. The predicted octanol–water partition coefficient (Wildman–Crippen LogP) is 2.18. The van der Waals surface area contributed by atoms with Gasteiger partial charge in [-0.05, 0) is 36.6 Å². The van der Waals surface area contributed by atoms with Crippen LogP contribution in [0.1, 0.15) is 25.3 Å². The SMILES string of the molecule is CCC(=O)N1CCCc2c[c]ccc21. The molecule has 0 atom stereocenters. The molecule has 0 saturated carbocycles. The molecule has 0 unspecified atom stereocenters. The van der Waals surface area contributed by atoms with E-state index in [2.05, 4.69) is 6.07 Å². The highest BCUT2D eigenvalue weighted by Crippen LogP contribution is 2.26. The Balaban J connectivity index is 2.35. The molecule has 1 aliphatic rings. The van der Waals surface area contributed by atoms with Gasteiger partial charge in [0.2, 0.25) is 5.91 Å². The number of hydrogen-bond acceptors (Lipinski definition) is 1. The van der Waals surface area contributed by atoms with Gasteiger partial charge >= 0.3 is 0 Å². The number of hydrogen-bond donors (Lipinski definition) is 0. The van der Waals surface area contributed by atoms with Crippen LogP contribution in [0.3, 0.4) is 0 Å². The average molecular weight is 188 g/mol. The lowest BCUT2D eigenvalue weighted by Crippen LogP contribution is -2.34. The molecule has 0 N–H and O–H groups in total. The number of carbonyl (C=O) groups is 1. The van der Waals surface area contributed by atoms with Crippen LogP contribution in [0.15, 0.2) is 18.2 Å². The summed E-state index contributed by atoms with van der Waals surface area (Å²) in [6, 6.07) is 8.91. The highest BCUT2D eigenvalue weighted by Gasteiger charge is 2.20. The van der Waals surface area contributed by atoms with Gasteiger partial charge < -0.3 is 4.90 Å². The van der Waals surface area contributed by atoms with Gasteiger partial charge in [0.1, 0.15) is 0 Å². The number of carbonyl (C=O) groups excluding carboxylic acids is 1. The van der Waals surface area contributed by atoms with Crippen molar-refractivity contribution in [2.24, 2.45) is 0 Å². The number of rotatable bonds is 1. The van der Waals surface area contributed by atoms with Gasteiger partial charge in [0.25, 0.3) is 0 Å². The van der Waals surface area contributed by atoms with Gasteiger partial charge in [-0.2, -0.15) is 0 Å². The topological polar surface area (TPSA) is 20.3 Å². The van der Waals surface area contributed by atoms with Crippen LogP contribution in [0.2, 0.25) is 0 Å². The standard InChI is InChI=1S/C12H14NO/c1-2-12(14)13-9-5-7-10-6-3-4-8-11(10)13/h4,6,8H,2,5,7,9H2,1H3. The van der Waals surface area contributed by atoms with E-state index in [4.69, 9.17) is 0 Å². The summed E-state index contributed by atoms with van der Waals surface area (Å²) in [5.74, 6) is 0.220. The van der Waals surface area contributed by atoms with Crippen molar-refractivity contribution in [1.29, 1.82) is 0 Å². The molecule has 0 fully saturated rings. The Bertz CT molecular complexity index is 346. The third-order valence-electron chi connectivity index (χ3n) is 2.65. The van der Waals surface area contributed by atoms with Gasteiger partial charge in [-0.3, -0.25) is 4.79 Å². The van der Waals surface area contributed by atoms with Crippen molar-refractivity contribution in [3.8, 4) is 0 Å². The van der Waals surface area contributed by atoms with Crippen LogP contribution in [0.25, 0.3) is 0 Å². The third-order valence-corrected chi connectivity index (χ3v) is 2.65. The number of aryl methyl sites for hydroxylation is 1. The van der Waals surface area contributed by atoms with Crippen molar-refractivity contribution in [3.05, 3.63) is 29.8 Å². The van der Waals surface area contributed by atoms with Gasteiger partial charge in [0.15, 0.2) is 0 Å². The molecule has 0 aromatic heterocycles. The summed E-state index contributed by atoms with van der Waals surface area (Å²) in [6.07, 6.45) is 2.72. The van der Waals surface area contributed by atoms with Gasteiger partial charge in [-0.15, -0.1) is 0 Å². The molecule has 14 heavy (non-hydrogen) atoms. The van der Waals surface area contributed by atoms with E-state index in [1.807, 2.05) is 30.0 Å². The van der Waals surface area contributed by atoms with Crippen molar-refractivity contribution in [3.63, 3.8) is 0 Å². The Morgan fingerprint density at radius 2 is 2.50 bits per heavy atom. The Hall–Kier alpha value is -1.31. The summed E-state index contributed by atoms with van der Waals surface area (Å²) in [6.45, 7) is 2.77. The minimum Gasteiger partial charge on any atom is -0.312 e. The molecule has 2 heteroatoms. The van der Waals surface area contributed by atoms with E-state index in [9.17, 15) is 4.79 Å². The fourth-order valence-electron chi connectivity index (χ4n) is 1.92. The fourth-order valence-corrected chi connectivity index (χ4v) is 1.92. The quantitative estimate of drug-likeness (QED) is 0.661. The van der Waals surface area contributed by atoms with Gasteiger partial charge in [-0.25, -0.2) is 0 Å². The Kier molecular flexibility index (Phi) is 2.53. The molecule has 2 rings (SSSR count). The van der Waals surface area contributed by atoms with E-state index in [0.29, 0.717) is 6.42 Å². The molecule has 0 saturated heterocycles. The normalized spacial score (nSPS) is 15.1. The molecule has 0 aliphatic carbocycles. The van der Waals surface area contributed by atoms with Crippen LogP contribution in [0.5, 0.6) is 0 Å². The van der Waals surface area contributed by atoms with E-state index in [1.165, 1.54) is 5.56 Å². The summed E-state index contributed by atoms with van der Waals surface area (Å²) in [5, 5.41) is 0. The molecule has 73 valence electrons.